The summed E-state index contributed by atoms with van der Waals surface area (Å²) in [7, 11) is 0. The van der Waals surface area contributed by atoms with Crippen LogP contribution < -0.4 is 11.1 Å². The Morgan fingerprint density at radius 2 is 1.77 bits per heavy atom. The molecule has 4 nitrogen and oxygen atoms in total. The molecule has 2 rings (SSSR count). The summed E-state index contributed by atoms with van der Waals surface area (Å²) in [6.45, 7) is 2.48. The molecule has 22 heavy (non-hydrogen) atoms. The lowest BCUT2D eigenvalue weighted by atomic mass is 10.1. The van der Waals surface area contributed by atoms with E-state index in [0.717, 1.165) is 18.4 Å². The van der Waals surface area contributed by atoms with Crippen LogP contribution >= 0.6 is 0 Å². The Kier molecular flexibility index (Phi) is 5.72. The number of hydrogen-bond donors (Lipinski definition) is 2. The van der Waals surface area contributed by atoms with Crippen molar-refractivity contribution in [1.29, 1.82) is 0 Å². The summed E-state index contributed by atoms with van der Waals surface area (Å²) in [5.74, 6) is -0.0521. The summed E-state index contributed by atoms with van der Waals surface area (Å²) < 4.78 is 0. The van der Waals surface area contributed by atoms with Crippen LogP contribution in [0.25, 0.3) is 0 Å². The molecule has 0 bridgehead atoms. The summed E-state index contributed by atoms with van der Waals surface area (Å²) in [6.07, 6.45) is 1.84. The Morgan fingerprint density at radius 3 is 2.50 bits per heavy atom. The summed E-state index contributed by atoms with van der Waals surface area (Å²) >= 11 is 0. The fourth-order valence-corrected chi connectivity index (χ4v) is 2.18. The van der Waals surface area contributed by atoms with Gasteiger partial charge in [-0.2, -0.15) is 0 Å². The van der Waals surface area contributed by atoms with Gasteiger partial charge in [0, 0.05) is 12.1 Å². The summed E-state index contributed by atoms with van der Waals surface area (Å²) in [6, 6.07) is 17.6. The maximum absolute atomic E-state index is 12.1. The molecule has 0 radical (unpaired) electrons. The Hall–Kier alpha value is -2.62. The van der Waals surface area contributed by atoms with Gasteiger partial charge in [0.25, 0.3) is 5.91 Å². The van der Waals surface area contributed by atoms with E-state index in [0.29, 0.717) is 12.1 Å². The van der Waals surface area contributed by atoms with Gasteiger partial charge < -0.3 is 5.73 Å². The smallest absolute Gasteiger partial charge is 0.258 e. The SMILES string of the molecule is Cc1ccccc1C(=O)NC(N)=NCCCc1ccccc1. The lowest BCUT2D eigenvalue weighted by molar-refractivity contribution is 0.0976. The molecule has 0 aromatic heterocycles. The number of nitrogens with zero attached hydrogens (tertiary/aromatic N) is 1. The van der Waals surface area contributed by atoms with E-state index in [1.165, 1.54) is 5.56 Å². The van der Waals surface area contributed by atoms with Crippen molar-refractivity contribution < 1.29 is 4.79 Å². The minimum absolute atomic E-state index is 0.168. The number of carbonyl (C=O) groups is 1. The molecule has 2 aromatic carbocycles. The van der Waals surface area contributed by atoms with E-state index in [-0.39, 0.29) is 11.9 Å². The molecule has 0 saturated heterocycles. The lowest BCUT2D eigenvalue weighted by Gasteiger charge is -2.07. The van der Waals surface area contributed by atoms with Crippen molar-refractivity contribution in [2.75, 3.05) is 6.54 Å². The van der Waals surface area contributed by atoms with Gasteiger partial charge in [-0.3, -0.25) is 15.1 Å². The number of aliphatic imine (C=N–C) groups is 1. The van der Waals surface area contributed by atoms with Crippen LogP contribution in [0.4, 0.5) is 0 Å². The van der Waals surface area contributed by atoms with Crippen LogP contribution in [-0.2, 0) is 6.42 Å². The third-order valence-electron chi connectivity index (χ3n) is 3.38. The van der Waals surface area contributed by atoms with Crippen molar-refractivity contribution >= 4 is 11.9 Å². The first-order valence-corrected chi connectivity index (χ1v) is 7.37. The zero-order chi connectivity index (χ0) is 15.8. The molecule has 0 heterocycles. The van der Waals surface area contributed by atoms with Gasteiger partial charge in [-0.15, -0.1) is 0 Å². The van der Waals surface area contributed by atoms with Crippen LogP contribution in [0.1, 0.15) is 27.9 Å². The molecule has 114 valence electrons. The van der Waals surface area contributed by atoms with Crippen molar-refractivity contribution in [2.24, 2.45) is 10.7 Å². The minimum Gasteiger partial charge on any atom is -0.370 e. The molecule has 0 aliphatic rings. The molecule has 3 N–H and O–H groups in total. The van der Waals surface area contributed by atoms with E-state index in [4.69, 9.17) is 5.73 Å². The Morgan fingerprint density at radius 1 is 1.09 bits per heavy atom. The molecule has 0 aliphatic heterocycles. The normalized spacial score (nSPS) is 11.2. The molecular formula is C18H21N3O. The molecule has 1 amide bonds. The predicted molar refractivity (Wildman–Crippen MR) is 89.9 cm³/mol. The van der Waals surface area contributed by atoms with Crippen LogP contribution in [0.15, 0.2) is 59.6 Å². The fourth-order valence-electron chi connectivity index (χ4n) is 2.18. The van der Waals surface area contributed by atoms with E-state index in [9.17, 15) is 4.79 Å². The largest absolute Gasteiger partial charge is 0.370 e. The van der Waals surface area contributed by atoms with Crippen molar-refractivity contribution in [3.63, 3.8) is 0 Å². The van der Waals surface area contributed by atoms with Crippen LogP contribution in [0.5, 0.6) is 0 Å². The zero-order valence-corrected chi connectivity index (χ0v) is 12.8. The fraction of sp³-hybridized carbons (Fsp3) is 0.222. The topological polar surface area (TPSA) is 67.5 Å². The van der Waals surface area contributed by atoms with Gasteiger partial charge in [-0.25, -0.2) is 0 Å². The van der Waals surface area contributed by atoms with Gasteiger partial charge in [-0.05, 0) is 37.0 Å². The van der Waals surface area contributed by atoms with Crippen molar-refractivity contribution in [1.82, 2.24) is 5.32 Å². The maximum atomic E-state index is 12.1. The number of amides is 1. The number of aryl methyl sites for hydroxylation is 2. The van der Waals surface area contributed by atoms with E-state index in [1.807, 2.05) is 43.3 Å². The van der Waals surface area contributed by atoms with Gasteiger partial charge in [0.2, 0.25) is 0 Å². The van der Waals surface area contributed by atoms with E-state index in [2.05, 4.69) is 22.4 Å². The molecule has 0 unspecified atom stereocenters. The Balaban J connectivity index is 1.80. The second-order valence-electron chi connectivity index (χ2n) is 5.13. The predicted octanol–water partition coefficient (Wildman–Crippen LogP) is 2.67. The highest BCUT2D eigenvalue weighted by Gasteiger charge is 2.08. The first-order chi connectivity index (χ1) is 10.7. The molecule has 0 fully saturated rings. The average Bonchev–Trinajstić information content (AvgIpc) is 2.53. The highest BCUT2D eigenvalue weighted by Crippen LogP contribution is 2.06. The summed E-state index contributed by atoms with van der Waals surface area (Å²) in [5.41, 5.74) is 8.57. The number of carbonyl (C=O) groups excluding carboxylic acids is 1. The molecule has 0 spiro atoms. The number of guanidine groups is 1. The summed E-state index contributed by atoms with van der Waals surface area (Å²) in [5, 5.41) is 2.62. The van der Waals surface area contributed by atoms with E-state index < -0.39 is 0 Å². The Bertz CT molecular complexity index is 650. The second-order valence-corrected chi connectivity index (χ2v) is 5.13. The second kappa shape index (κ2) is 7.98. The molecule has 2 aromatic rings. The first-order valence-electron chi connectivity index (χ1n) is 7.37. The van der Waals surface area contributed by atoms with Gasteiger partial charge in [0.1, 0.15) is 0 Å². The number of benzene rings is 2. The van der Waals surface area contributed by atoms with Crippen LogP contribution in [0.3, 0.4) is 0 Å². The quantitative estimate of drug-likeness (QED) is 0.506. The van der Waals surface area contributed by atoms with E-state index in [1.54, 1.807) is 6.07 Å². The van der Waals surface area contributed by atoms with Gasteiger partial charge in [-0.1, -0.05) is 48.5 Å². The van der Waals surface area contributed by atoms with Crippen LogP contribution in [0, 0.1) is 6.92 Å². The van der Waals surface area contributed by atoms with Gasteiger partial charge in [0.05, 0.1) is 0 Å². The van der Waals surface area contributed by atoms with Crippen LogP contribution in [0.2, 0.25) is 0 Å². The molecular weight excluding hydrogens is 274 g/mol. The number of rotatable bonds is 5. The molecule has 4 heteroatoms. The highest BCUT2D eigenvalue weighted by atomic mass is 16.1. The molecule has 0 aliphatic carbocycles. The van der Waals surface area contributed by atoms with Crippen molar-refractivity contribution in [3.05, 3.63) is 71.3 Å². The number of hydrogen-bond acceptors (Lipinski definition) is 2. The number of nitrogens with one attached hydrogen (secondary N) is 1. The van der Waals surface area contributed by atoms with Gasteiger partial charge in [0.15, 0.2) is 5.96 Å². The van der Waals surface area contributed by atoms with Gasteiger partial charge >= 0.3 is 0 Å². The highest BCUT2D eigenvalue weighted by molar-refractivity contribution is 6.05. The monoisotopic (exact) mass is 295 g/mol. The van der Waals surface area contributed by atoms with E-state index >= 15 is 0 Å². The summed E-state index contributed by atoms with van der Waals surface area (Å²) in [4.78, 5) is 16.3. The molecule has 0 atom stereocenters. The third-order valence-corrected chi connectivity index (χ3v) is 3.38. The van der Waals surface area contributed by atoms with Crippen molar-refractivity contribution in [3.8, 4) is 0 Å². The standard InChI is InChI=1S/C18H21N3O/c1-14-8-5-6-12-16(14)17(22)21-18(19)20-13-7-11-15-9-3-2-4-10-15/h2-6,8-10,12H,7,11,13H2,1H3,(H3,19,20,21,22). The third kappa shape index (κ3) is 4.74. The van der Waals surface area contributed by atoms with Crippen LogP contribution in [-0.4, -0.2) is 18.4 Å². The first kappa shape index (κ1) is 15.8. The van der Waals surface area contributed by atoms with Crippen molar-refractivity contribution in [2.45, 2.75) is 19.8 Å². The molecule has 0 saturated carbocycles. The Labute approximate surface area is 131 Å². The maximum Gasteiger partial charge on any atom is 0.258 e. The average molecular weight is 295 g/mol. The number of nitrogens with two attached hydrogens (primary N) is 1. The zero-order valence-electron chi connectivity index (χ0n) is 12.8. The lowest BCUT2D eigenvalue weighted by Crippen LogP contribution is -2.37. The minimum atomic E-state index is -0.220.